The van der Waals surface area contributed by atoms with E-state index in [1.54, 1.807) is 36.4 Å². The zero-order valence-corrected chi connectivity index (χ0v) is 27.3. The lowest BCUT2D eigenvalue weighted by atomic mass is 9.71. The van der Waals surface area contributed by atoms with Gasteiger partial charge in [-0.05, 0) is 86.3 Å². The lowest BCUT2D eigenvalue weighted by molar-refractivity contribution is -0.146. The van der Waals surface area contributed by atoms with E-state index in [-0.39, 0.29) is 23.5 Å². The fourth-order valence-electron chi connectivity index (χ4n) is 7.13. The first kappa shape index (κ1) is 34.1. The molecule has 2 saturated heterocycles. The molecule has 5 rings (SSSR count). The third-order valence-electron chi connectivity index (χ3n) is 9.90. The summed E-state index contributed by atoms with van der Waals surface area (Å²) in [5.74, 6) is -1.44. The van der Waals surface area contributed by atoms with Crippen LogP contribution in [0.1, 0.15) is 49.4 Å². The van der Waals surface area contributed by atoms with Gasteiger partial charge >= 0.3 is 5.97 Å². The molecule has 0 radical (unpaired) electrons. The maximum Gasteiger partial charge on any atom is 0.320 e. The van der Waals surface area contributed by atoms with E-state index in [1.165, 1.54) is 31.4 Å². The second-order valence-corrected chi connectivity index (χ2v) is 12.9. The van der Waals surface area contributed by atoms with E-state index in [0.29, 0.717) is 30.0 Å². The zero-order valence-electron chi connectivity index (χ0n) is 27.3. The second kappa shape index (κ2) is 15.6. The average molecular weight is 637 g/mol. The SMILES string of the molecule is COC(=O)C(CCCN1CCN(CC(c2ccc(F)cc2)N2CCN(C(C)C)CC2)CC1)(c1ccc(F)cc1)c1ccc(F)cc1. The van der Waals surface area contributed by atoms with Gasteiger partial charge in [0.2, 0.25) is 0 Å². The number of piperazine rings is 2. The van der Waals surface area contributed by atoms with Gasteiger partial charge in [-0.25, -0.2) is 13.2 Å². The Bertz CT molecular complexity index is 1340. The molecule has 3 aromatic rings. The molecule has 0 N–H and O–H groups in total. The standard InChI is InChI=1S/C37H47F3N4O2/c1-28(2)43-23-25-44(26-24-43)35(29-5-11-32(38)12-6-29)27-42-21-19-41(20-22-42)18-4-17-37(36(45)46-3,30-7-13-33(39)14-8-30)31-9-15-34(40)16-10-31/h5-16,28,35H,4,17-27H2,1-3H3. The van der Waals surface area contributed by atoms with Gasteiger partial charge in [-0.15, -0.1) is 0 Å². The summed E-state index contributed by atoms with van der Waals surface area (Å²) in [5.41, 5.74) is 1.22. The van der Waals surface area contributed by atoms with E-state index in [2.05, 4.69) is 33.4 Å². The molecule has 1 atom stereocenters. The van der Waals surface area contributed by atoms with Gasteiger partial charge in [0.05, 0.1) is 7.11 Å². The van der Waals surface area contributed by atoms with Crippen LogP contribution in [0.15, 0.2) is 72.8 Å². The van der Waals surface area contributed by atoms with Gasteiger partial charge in [-0.2, -0.15) is 0 Å². The van der Waals surface area contributed by atoms with Crippen molar-refractivity contribution < 1.29 is 22.7 Å². The van der Waals surface area contributed by atoms with Crippen molar-refractivity contribution in [2.45, 2.75) is 44.2 Å². The number of methoxy groups -OCH3 is 1. The third-order valence-corrected chi connectivity index (χ3v) is 9.90. The van der Waals surface area contributed by atoms with E-state index >= 15 is 0 Å². The molecule has 0 saturated carbocycles. The summed E-state index contributed by atoms with van der Waals surface area (Å²) in [6, 6.07) is 19.6. The van der Waals surface area contributed by atoms with E-state index in [1.807, 2.05) is 12.1 Å². The summed E-state index contributed by atoms with van der Waals surface area (Å²) < 4.78 is 46.9. The Kier molecular flexibility index (Phi) is 11.5. The zero-order chi connectivity index (χ0) is 32.7. The Balaban J connectivity index is 1.23. The molecule has 3 aromatic carbocycles. The summed E-state index contributed by atoms with van der Waals surface area (Å²) in [6.45, 7) is 13.8. The highest BCUT2D eigenvalue weighted by molar-refractivity contribution is 5.87. The highest BCUT2D eigenvalue weighted by Crippen LogP contribution is 2.39. The van der Waals surface area contributed by atoms with E-state index in [4.69, 9.17) is 4.74 Å². The van der Waals surface area contributed by atoms with Crippen LogP contribution in [0.25, 0.3) is 0 Å². The number of hydrogen-bond donors (Lipinski definition) is 0. The van der Waals surface area contributed by atoms with Gasteiger partial charge in [0.25, 0.3) is 0 Å². The van der Waals surface area contributed by atoms with Crippen molar-refractivity contribution in [1.29, 1.82) is 0 Å². The number of nitrogens with zero attached hydrogens (tertiary/aromatic N) is 4. The first-order chi connectivity index (χ1) is 22.2. The van der Waals surface area contributed by atoms with Gasteiger partial charge in [-0.1, -0.05) is 36.4 Å². The maximum absolute atomic E-state index is 13.9. The number of halogens is 3. The molecule has 9 heteroatoms. The molecule has 46 heavy (non-hydrogen) atoms. The van der Waals surface area contributed by atoms with E-state index in [9.17, 15) is 18.0 Å². The molecule has 0 aliphatic carbocycles. The highest BCUT2D eigenvalue weighted by atomic mass is 19.1. The molecule has 0 bridgehead atoms. The minimum absolute atomic E-state index is 0.202. The van der Waals surface area contributed by atoms with Gasteiger partial charge in [0.15, 0.2) is 0 Å². The van der Waals surface area contributed by atoms with Crippen LogP contribution in [0.4, 0.5) is 13.2 Å². The van der Waals surface area contributed by atoms with Gasteiger partial charge in [-0.3, -0.25) is 19.5 Å². The van der Waals surface area contributed by atoms with Crippen molar-refractivity contribution in [1.82, 2.24) is 19.6 Å². The summed E-state index contributed by atoms with van der Waals surface area (Å²) in [5, 5.41) is 0. The predicted molar refractivity (Wildman–Crippen MR) is 175 cm³/mol. The lowest BCUT2D eigenvalue weighted by Crippen LogP contribution is -2.53. The van der Waals surface area contributed by atoms with Crippen molar-refractivity contribution in [3.63, 3.8) is 0 Å². The Hall–Kier alpha value is -3.24. The van der Waals surface area contributed by atoms with E-state index in [0.717, 1.165) is 71.0 Å². The van der Waals surface area contributed by atoms with Crippen molar-refractivity contribution in [2.75, 3.05) is 72.6 Å². The molecule has 0 spiro atoms. The molecule has 1 unspecified atom stereocenters. The Morgan fingerprint density at radius 3 is 1.63 bits per heavy atom. The number of hydrogen-bond acceptors (Lipinski definition) is 6. The Labute approximate surface area is 271 Å². The molecule has 248 valence electrons. The summed E-state index contributed by atoms with van der Waals surface area (Å²) in [6.07, 6.45) is 1.13. The minimum Gasteiger partial charge on any atom is -0.468 e. The summed E-state index contributed by atoms with van der Waals surface area (Å²) in [4.78, 5) is 23.5. The third kappa shape index (κ3) is 8.00. The van der Waals surface area contributed by atoms with Crippen LogP contribution >= 0.6 is 0 Å². The summed E-state index contributed by atoms with van der Waals surface area (Å²) in [7, 11) is 1.35. The number of carbonyl (C=O) groups is 1. The molecule has 2 aliphatic rings. The van der Waals surface area contributed by atoms with Gasteiger partial charge in [0.1, 0.15) is 22.9 Å². The first-order valence-electron chi connectivity index (χ1n) is 16.5. The normalized spacial score (nSPS) is 18.2. The van der Waals surface area contributed by atoms with Crippen molar-refractivity contribution >= 4 is 5.97 Å². The van der Waals surface area contributed by atoms with Crippen LogP contribution in [0.3, 0.4) is 0 Å². The molecule has 2 heterocycles. The topological polar surface area (TPSA) is 39.3 Å². The molecular weight excluding hydrogens is 589 g/mol. The van der Waals surface area contributed by atoms with Gasteiger partial charge in [0, 0.05) is 71.0 Å². The number of benzene rings is 3. The average Bonchev–Trinajstić information content (AvgIpc) is 3.07. The largest absolute Gasteiger partial charge is 0.468 e. The van der Waals surface area contributed by atoms with Crippen LogP contribution in [-0.2, 0) is 14.9 Å². The molecule has 0 aromatic heterocycles. The molecule has 0 amide bonds. The minimum atomic E-state index is -1.18. The second-order valence-electron chi connectivity index (χ2n) is 12.9. The fourth-order valence-corrected chi connectivity index (χ4v) is 7.13. The predicted octanol–water partition coefficient (Wildman–Crippen LogP) is 5.73. The maximum atomic E-state index is 13.9. The quantitative estimate of drug-likeness (QED) is 0.237. The Morgan fingerprint density at radius 1 is 0.696 bits per heavy atom. The van der Waals surface area contributed by atoms with Crippen molar-refractivity contribution in [3.05, 3.63) is 107 Å². The Morgan fingerprint density at radius 2 is 1.15 bits per heavy atom. The molecule has 2 aliphatic heterocycles. The number of esters is 1. The van der Waals surface area contributed by atoms with Crippen molar-refractivity contribution in [2.24, 2.45) is 0 Å². The lowest BCUT2D eigenvalue weighted by Gasteiger charge is -2.44. The number of carbonyl (C=O) groups excluding carboxylic acids is 1. The number of ether oxygens (including phenoxy) is 1. The molecular formula is C37H47F3N4O2. The summed E-state index contributed by atoms with van der Waals surface area (Å²) >= 11 is 0. The fraction of sp³-hybridized carbons (Fsp3) is 0.486. The highest BCUT2D eigenvalue weighted by Gasteiger charge is 2.43. The molecule has 2 fully saturated rings. The van der Waals surface area contributed by atoms with Crippen LogP contribution in [0, 0.1) is 17.5 Å². The smallest absolute Gasteiger partial charge is 0.320 e. The van der Waals surface area contributed by atoms with Crippen molar-refractivity contribution in [3.8, 4) is 0 Å². The van der Waals surface area contributed by atoms with Crippen LogP contribution in [0.5, 0.6) is 0 Å². The number of rotatable bonds is 12. The van der Waals surface area contributed by atoms with Crippen LogP contribution in [0.2, 0.25) is 0 Å². The first-order valence-corrected chi connectivity index (χ1v) is 16.5. The van der Waals surface area contributed by atoms with Gasteiger partial charge < -0.3 is 9.64 Å². The molecule has 6 nitrogen and oxygen atoms in total. The van der Waals surface area contributed by atoms with Crippen LogP contribution < -0.4 is 0 Å². The monoisotopic (exact) mass is 636 g/mol. The van der Waals surface area contributed by atoms with E-state index < -0.39 is 11.4 Å². The van der Waals surface area contributed by atoms with Crippen LogP contribution in [-0.4, -0.2) is 104 Å².